The molecule has 4 nitrogen and oxygen atoms in total. The lowest BCUT2D eigenvalue weighted by molar-refractivity contribution is -0.138. The molecule has 10 heteroatoms. The van der Waals surface area contributed by atoms with Crippen LogP contribution in [-0.4, -0.2) is 47.5 Å². The minimum atomic E-state index is -4.57. The molecule has 1 aromatic carbocycles. The zero-order valence-corrected chi connectivity index (χ0v) is 27.5. The fourth-order valence-corrected chi connectivity index (χ4v) is 6.52. The topological polar surface area (TPSA) is 45.4 Å². The van der Waals surface area contributed by atoms with Gasteiger partial charge in [-0.1, -0.05) is 81.7 Å². The van der Waals surface area contributed by atoms with Gasteiger partial charge in [0.15, 0.2) is 0 Å². The second-order valence-corrected chi connectivity index (χ2v) is 12.4. The summed E-state index contributed by atoms with van der Waals surface area (Å²) < 4.78 is 54.7. The van der Waals surface area contributed by atoms with Gasteiger partial charge in [0.25, 0.3) is 0 Å². The van der Waals surface area contributed by atoms with Crippen LogP contribution in [0.3, 0.4) is 0 Å². The molecular weight excluding hydrogens is 644 g/mol. The Morgan fingerprint density at radius 2 is 1.79 bits per heavy atom. The summed E-state index contributed by atoms with van der Waals surface area (Å²) >= 11 is 9.44. The van der Waals surface area contributed by atoms with Gasteiger partial charge in [0.1, 0.15) is 17.6 Å². The summed E-state index contributed by atoms with van der Waals surface area (Å²) in [6.45, 7) is 4.56. The second kappa shape index (κ2) is 17.5. The Labute approximate surface area is 267 Å². The summed E-state index contributed by atoms with van der Waals surface area (Å²) in [5, 5.41) is -0.114. The van der Waals surface area contributed by atoms with Crippen molar-refractivity contribution in [3.63, 3.8) is 0 Å². The highest BCUT2D eigenvalue weighted by molar-refractivity contribution is 9.10. The molecule has 2 atom stereocenters. The maximum atomic E-state index is 14.9. The summed E-state index contributed by atoms with van der Waals surface area (Å²) in [5.41, 5.74) is 6.03. The Morgan fingerprint density at radius 3 is 2.40 bits per heavy atom. The average molecular weight is 688 g/mol. The molecule has 0 radical (unpaired) electrons. The maximum absolute atomic E-state index is 14.9. The third kappa shape index (κ3) is 10.0. The van der Waals surface area contributed by atoms with Crippen molar-refractivity contribution < 1.29 is 17.6 Å². The number of likely N-dealkylation sites (N-methyl/N-ethyl adjacent to an activating group) is 1. The van der Waals surface area contributed by atoms with Gasteiger partial charge in [0.05, 0.1) is 10.6 Å². The number of pyridine rings is 1. The number of nitrogens with zero attached hydrogens (tertiary/aromatic N) is 3. The van der Waals surface area contributed by atoms with Crippen molar-refractivity contribution in [1.29, 1.82) is 0 Å². The van der Waals surface area contributed by atoms with Gasteiger partial charge in [-0.05, 0) is 79.1 Å². The Bertz CT molecular complexity index is 1210. The van der Waals surface area contributed by atoms with E-state index in [9.17, 15) is 17.6 Å². The summed E-state index contributed by atoms with van der Waals surface area (Å²) in [6, 6.07) is 4.48. The van der Waals surface area contributed by atoms with Gasteiger partial charge in [-0.3, -0.25) is 9.88 Å². The van der Waals surface area contributed by atoms with E-state index in [0.29, 0.717) is 12.1 Å². The van der Waals surface area contributed by atoms with Crippen LogP contribution in [0, 0.1) is 5.82 Å². The molecular formula is C33H44BrClF4N4. The number of benzene rings is 1. The molecule has 0 amide bonds. The quantitative estimate of drug-likeness (QED) is 0.178. The van der Waals surface area contributed by atoms with Gasteiger partial charge in [0.2, 0.25) is 0 Å². The number of unbranched alkanes of at least 4 members (excludes halogenated alkanes) is 7. The molecule has 2 N–H and O–H groups in total. The molecule has 1 aromatic heterocycles. The zero-order chi connectivity index (χ0) is 31.4. The predicted molar refractivity (Wildman–Crippen MR) is 171 cm³/mol. The van der Waals surface area contributed by atoms with Gasteiger partial charge in [-0.25, -0.2) is 4.39 Å². The van der Waals surface area contributed by atoms with E-state index in [-0.39, 0.29) is 21.2 Å². The molecule has 2 aliphatic heterocycles. The maximum Gasteiger partial charge on any atom is 0.417 e. The fraction of sp³-hybridized carbons (Fsp3) is 0.545. The van der Waals surface area contributed by atoms with Gasteiger partial charge in [-0.2, -0.15) is 13.2 Å². The molecule has 1 saturated heterocycles. The summed E-state index contributed by atoms with van der Waals surface area (Å²) in [4.78, 5) is 8.38. The van der Waals surface area contributed by atoms with Crippen LogP contribution in [0.5, 0.6) is 0 Å². The Kier molecular flexibility index (Phi) is 14.5. The van der Waals surface area contributed by atoms with E-state index in [1.807, 2.05) is 17.2 Å². The molecule has 0 aliphatic carbocycles. The SMILES string of the molecule is CCCCCCCCCCN.CN1CCC[C@H]1C1=CN(C(c2ccc(C(F)(F)F)c(Br)c2Cl)c2ncccc2F)CC=C1. The molecule has 1 unspecified atom stereocenters. The van der Waals surface area contributed by atoms with Crippen LogP contribution in [-0.2, 0) is 6.18 Å². The second-order valence-electron chi connectivity index (χ2n) is 11.2. The van der Waals surface area contributed by atoms with Crippen molar-refractivity contribution in [2.45, 2.75) is 89.4 Å². The lowest BCUT2D eigenvalue weighted by Gasteiger charge is -2.35. The average Bonchev–Trinajstić information content (AvgIpc) is 3.41. The first-order valence-electron chi connectivity index (χ1n) is 15.3. The molecule has 238 valence electrons. The lowest BCUT2D eigenvalue weighted by Crippen LogP contribution is -2.33. The van der Waals surface area contributed by atoms with Crippen LogP contribution in [0.2, 0.25) is 5.02 Å². The largest absolute Gasteiger partial charge is 0.417 e. The first kappa shape index (κ1) is 35.5. The van der Waals surface area contributed by atoms with E-state index in [1.165, 1.54) is 75.8 Å². The number of alkyl halides is 3. The van der Waals surface area contributed by atoms with Crippen molar-refractivity contribution in [3.8, 4) is 0 Å². The van der Waals surface area contributed by atoms with E-state index >= 15 is 0 Å². The van der Waals surface area contributed by atoms with Gasteiger partial charge in [0, 0.05) is 35.0 Å². The zero-order valence-electron chi connectivity index (χ0n) is 25.2. The highest BCUT2D eigenvalue weighted by atomic mass is 79.9. The van der Waals surface area contributed by atoms with Gasteiger partial charge >= 0.3 is 6.18 Å². The van der Waals surface area contributed by atoms with Crippen LogP contribution in [0.4, 0.5) is 17.6 Å². The number of hydrogen-bond acceptors (Lipinski definition) is 4. The third-order valence-electron chi connectivity index (χ3n) is 7.99. The Hall–Kier alpha value is -1.94. The van der Waals surface area contributed by atoms with Crippen LogP contribution < -0.4 is 5.73 Å². The Morgan fingerprint density at radius 1 is 1.09 bits per heavy atom. The molecule has 0 spiro atoms. The lowest BCUT2D eigenvalue weighted by atomic mass is 9.96. The number of halogens is 6. The number of likely N-dealkylation sites (tertiary alicyclic amines) is 1. The Balaban J connectivity index is 0.000000393. The van der Waals surface area contributed by atoms with Crippen LogP contribution >= 0.6 is 27.5 Å². The monoisotopic (exact) mass is 686 g/mol. The first-order valence-corrected chi connectivity index (χ1v) is 16.5. The number of nitrogens with two attached hydrogens (primary N) is 1. The predicted octanol–water partition coefficient (Wildman–Crippen LogP) is 9.68. The van der Waals surface area contributed by atoms with Crippen molar-refractivity contribution >= 4 is 27.5 Å². The molecule has 2 aliphatic rings. The molecule has 3 heterocycles. The molecule has 2 aromatic rings. The summed E-state index contributed by atoms with van der Waals surface area (Å²) in [6.07, 6.45) is 16.0. The number of rotatable bonds is 12. The molecule has 0 bridgehead atoms. The smallest absolute Gasteiger partial charge is 0.361 e. The molecule has 4 rings (SSSR count). The molecule has 1 fully saturated rings. The number of hydrogen-bond donors (Lipinski definition) is 1. The van der Waals surface area contributed by atoms with E-state index in [0.717, 1.165) is 37.6 Å². The van der Waals surface area contributed by atoms with Crippen molar-refractivity contribution in [3.05, 3.63) is 86.5 Å². The van der Waals surface area contributed by atoms with Gasteiger partial charge < -0.3 is 10.6 Å². The van der Waals surface area contributed by atoms with Crippen molar-refractivity contribution in [2.75, 3.05) is 26.7 Å². The van der Waals surface area contributed by atoms with Crippen LogP contribution in [0.15, 0.2) is 58.9 Å². The normalized spacial score (nSPS) is 17.9. The third-order valence-corrected chi connectivity index (χ3v) is 9.45. The molecule has 0 saturated carbocycles. The number of aromatic nitrogens is 1. The standard InChI is InChI=1S/C23H21BrClF4N3.C10H23N/c1-31-11-4-7-18(31)14-5-3-12-32(13-14)22(21-17(26)6-2-10-30-21)15-8-9-16(23(27,28)29)19(24)20(15)25;1-2-3-4-5-6-7-8-9-10-11/h2-3,5-6,8-10,13,18,22H,4,7,11-12H2,1H3;2-11H2,1H3/t18-,22?;/m0./s1. The summed E-state index contributed by atoms with van der Waals surface area (Å²) in [7, 11) is 2.06. The van der Waals surface area contributed by atoms with Crippen LogP contribution in [0.1, 0.15) is 94.0 Å². The minimum Gasteiger partial charge on any atom is -0.361 e. The highest BCUT2D eigenvalue weighted by Gasteiger charge is 2.37. The van der Waals surface area contributed by atoms with Crippen molar-refractivity contribution in [2.24, 2.45) is 5.73 Å². The molecule has 43 heavy (non-hydrogen) atoms. The highest BCUT2D eigenvalue weighted by Crippen LogP contribution is 2.44. The van der Waals surface area contributed by atoms with Crippen molar-refractivity contribution in [1.82, 2.24) is 14.8 Å². The first-order chi connectivity index (χ1) is 20.6. The minimum absolute atomic E-state index is 0.103. The van der Waals surface area contributed by atoms with E-state index in [4.69, 9.17) is 17.3 Å². The van der Waals surface area contributed by atoms with Gasteiger partial charge in [-0.15, -0.1) is 0 Å². The van der Waals surface area contributed by atoms with E-state index < -0.39 is 23.6 Å². The fourth-order valence-electron chi connectivity index (χ4n) is 5.66. The van der Waals surface area contributed by atoms with Crippen LogP contribution in [0.25, 0.3) is 0 Å². The van der Waals surface area contributed by atoms with E-state index in [1.54, 1.807) is 0 Å². The summed E-state index contributed by atoms with van der Waals surface area (Å²) in [5.74, 6) is -0.549. The van der Waals surface area contributed by atoms with E-state index in [2.05, 4.69) is 45.9 Å².